The number of esters is 1. The van der Waals surface area contributed by atoms with E-state index in [-0.39, 0.29) is 5.97 Å². The minimum atomic E-state index is -0.833. The van der Waals surface area contributed by atoms with Gasteiger partial charge in [0.05, 0.1) is 6.61 Å². The summed E-state index contributed by atoms with van der Waals surface area (Å²) in [4.78, 5) is 19.4. The Morgan fingerprint density at radius 2 is 1.57 bits per heavy atom. The summed E-state index contributed by atoms with van der Waals surface area (Å²) in [5.41, 5.74) is 0.451. The molecule has 0 aromatic carbocycles. The van der Waals surface area contributed by atoms with Crippen molar-refractivity contribution in [3.63, 3.8) is 0 Å². The number of carbonyl (C=O) groups is 2. The molecule has 0 unspecified atom stereocenters. The lowest BCUT2D eigenvalue weighted by Crippen LogP contribution is -2.03. The van der Waals surface area contributed by atoms with Crippen molar-refractivity contribution in [3.8, 4) is 0 Å². The number of ether oxygens (including phenoxy) is 1. The van der Waals surface area contributed by atoms with Crippen LogP contribution in [0, 0.1) is 0 Å². The minimum Gasteiger partial charge on any atom is -0.481 e. The summed E-state index contributed by atoms with van der Waals surface area (Å²) in [6.45, 7) is 14.3. The van der Waals surface area contributed by atoms with Crippen LogP contribution in [0.1, 0.15) is 20.8 Å². The molecule has 0 bridgehead atoms. The molecule has 0 aliphatic heterocycles. The Balaban J connectivity index is -0.000000170. The molecule has 0 amide bonds. The summed E-state index contributed by atoms with van der Waals surface area (Å²) in [6.07, 6.45) is 0. The molecule has 0 fully saturated rings. The Labute approximate surface area is 84.9 Å². The van der Waals surface area contributed by atoms with Gasteiger partial charge in [0.15, 0.2) is 0 Å². The normalized spacial score (nSPS) is 6.79. The van der Waals surface area contributed by atoms with Crippen molar-refractivity contribution in [1.82, 2.24) is 0 Å². The Hall–Kier alpha value is -1.58. The van der Waals surface area contributed by atoms with E-state index in [9.17, 15) is 4.79 Å². The third-order valence-electron chi connectivity index (χ3n) is 0.624. The first-order valence-corrected chi connectivity index (χ1v) is 3.94. The maximum absolute atomic E-state index is 10.4. The van der Waals surface area contributed by atoms with E-state index in [0.717, 1.165) is 6.92 Å². The van der Waals surface area contributed by atoms with Crippen LogP contribution in [-0.2, 0) is 14.3 Å². The van der Waals surface area contributed by atoms with Gasteiger partial charge in [-0.15, -0.1) is 13.2 Å². The molecule has 0 saturated heterocycles. The van der Waals surface area contributed by atoms with E-state index < -0.39 is 5.97 Å². The molecule has 4 nitrogen and oxygen atoms in total. The zero-order valence-electron chi connectivity index (χ0n) is 9.00. The second-order valence-electron chi connectivity index (χ2n) is 2.02. The van der Waals surface area contributed by atoms with E-state index >= 15 is 0 Å². The third kappa shape index (κ3) is 31.5. The van der Waals surface area contributed by atoms with E-state index in [1.165, 1.54) is 0 Å². The number of aliphatic carboxylic acids is 1. The van der Waals surface area contributed by atoms with Crippen LogP contribution in [0.4, 0.5) is 0 Å². The average Bonchev–Trinajstić information content (AvgIpc) is 2.07. The van der Waals surface area contributed by atoms with Gasteiger partial charge in [-0.25, -0.2) is 4.79 Å². The molecule has 0 atom stereocenters. The van der Waals surface area contributed by atoms with Crippen molar-refractivity contribution in [3.05, 3.63) is 25.3 Å². The van der Waals surface area contributed by atoms with Crippen LogP contribution >= 0.6 is 0 Å². The Morgan fingerprint density at radius 1 is 1.29 bits per heavy atom. The molecule has 0 saturated carbocycles. The highest BCUT2D eigenvalue weighted by Crippen LogP contribution is 1.89. The predicted molar refractivity (Wildman–Crippen MR) is 56.0 cm³/mol. The predicted octanol–water partition coefficient (Wildman–Crippen LogP) is 2.02. The molecule has 0 aliphatic carbocycles. The quantitative estimate of drug-likeness (QED) is 0.422. The van der Waals surface area contributed by atoms with E-state index in [0.29, 0.717) is 12.2 Å². The van der Waals surface area contributed by atoms with Crippen molar-refractivity contribution in [1.29, 1.82) is 0 Å². The standard InChI is InChI=1S/C6H10O2.C2H4O2.C2H4/c1-4-8-6(7)5(2)3;1-2(3)4;1-2/h2,4H2,1,3H3;1H3,(H,3,4);1-2H2. The van der Waals surface area contributed by atoms with Gasteiger partial charge in [-0.3, -0.25) is 4.79 Å². The van der Waals surface area contributed by atoms with Crippen LogP contribution in [-0.4, -0.2) is 23.7 Å². The molecule has 0 aromatic rings. The average molecular weight is 202 g/mol. The summed E-state index contributed by atoms with van der Waals surface area (Å²) in [6, 6.07) is 0. The van der Waals surface area contributed by atoms with Crippen LogP contribution in [0.25, 0.3) is 0 Å². The summed E-state index contributed by atoms with van der Waals surface area (Å²) in [7, 11) is 0. The number of carbonyl (C=O) groups excluding carboxylic acids is 1. The molecular weight excluding hydrogens is 184 g/mol. The van der Waals surface area contributed by atoms with Crippen LogP contribution < -0.4 is 0 Å². The van der Waals surface area contributed by atoms with E-state index in [1.54, 1.807) is 13.8 Å². The Kier molecular flexibility index (Phi) is 18.2. The fourth-order valence-corrected chi connectivity index (χ4v) is 0.254. The Morgan fingerprint density at radius 3 is 1.64 bits per heavy atom. The molecule has 14 heavy (non-hydrogen) atoms. The highest BCUT2D eigenvalue weighted by atomic mass is 16.5. The number of carboxylic acids is 1. The van der Waals surface area contributed by atoms with Crippen LogP contribution in [0.5, 0.6) is 0 Å². The van der Waals surface area contributed by atoms with Crippen molar-refractivity contribution in [2.45, 2.75) is 20.8 Å². The van der Waals surface area contributed by atoms with Crippen molar-refractivity contribution in [2.75, 3.05) is 6.61 Å². The van der Waals surface area contributed by atoms with Gasteiger partial charge >= 0.3 is 5.97 Å². The van der Waals surface area contributed by atoms with E-state index in [4.69, 9.17) is 9.90 Å². The van der Waals surface area contributed by atoms with Gasteiger partial charge in [0.25, 0.3) is 5.97 Å². The smallest absolute Gasteiger partial charge is 0.333 e. The summed E-state index contributed by atoms with van der Waals surface area (Å²) in [5.74, 6) is -1.15. The largest absolute Gasteiger partial charge is 0.481 e. The molecule has 4 heteroatoms. The topological polar surface area (TPSA) is 63.6 Å². The number of rotatable bonds is 2. The second-order valence-corrected chi connectivity index (χ2v) is 2.02. The van der Waals surface area contributed by atoms with Crippen LogP contribution in [0.3, 0.4) is 0 Å². The van der Waals surface area contributed by atoms with Gasteiger partial charge < -0.3 is 9.84 Å². The third-order valence-corrected chi connectivity index (χ3v) is 0.624. The van der Waals surface area contributed by atoms with Gasteiger partial charge in [0.1, 0.15) is 0 Å². The highest BCUT2D eigenvalue weighted by molar-refractivity contribution is 5.86. The molecule has 0 spiro atoms. The van der Waals surface area contributed by atoms with Gasteiger partial charge in [-0.1, -0.05) is 6.58 Å². The lowest BCUT2D eigenvalue weighted by Gasteiger charge is -1.96. The number of carboxylic acid groups (broad SMARTS) is 1. The first-order valence-electron chi connectivity index (χ1n) is 3.94. The first kappa shape index (κ1) is 18.3. The SMILES string of the molecule is C=C.C=C(C)C(=O)OCC.CC(=O)O. The molecule has 0 rings (SSSR count). The lowest BCUT2D eigenvalue weighted by atomic mass is 10.4. The molecule has 82 valence electrons. The maximum Gasteiger partial charge on any atom is 0.333 e. The zero-order valence-corrected chi connectivity index (χ0v) is 9.00. The zero-order chi connectivity index (χ0) is 12.1. The van der Waals surface area contributed by atoms with Crippen molar-refractivity contribution < 1.29 is 19.4 Å². The number of hydrogen-bond acceptors (Lipinski definition) is 3. The summed E-state index contributed by atoms with van der Waals surface area (Å²) < 4.78 is 4.56. The lowest BCUT2D eigenvalue weighted by molar-refractivity contribution is -0.138. The molecule has 0 aromatic heterocycles. The van der Waals surface area contributed by atoms with Crippen LogP contribution in [0.15, 0.2) is 25.3 Å². The van der Waals surface area contributed by atoms with Gasteiger partial charge in [-0.05, 0) is 13.8 Å². The molecular formula is C10H18O4. The van der Waals surface area contributed by atoms with Gasteiger partial charge in [0, 0.05) is 12.5 Å². The molecule has 0 heterocycles. The van der Waals surface area contributed by atoms with Crippen molar-refractivity contribution in [2.24, 2.45) is 0 Å². The first-order chi connectivity index (χ1) is 6.41. The van der Waals surface area contributed by atoms with Gasteiger partial charge in [-0.2, -0.15) is 0 Å². The fraction of sp³-hybridized carbons (Fsp3) is 0.400. The molecule has 0 radical (unpaired) electrons. The minimum absolute atomic E-state index is 0.312. The monoisotopic (exact) mass is 202 g/mol. The van der Waals surface area contributed by atoms with Crippen molar-refractivity contribution >= 4 is 11.9 Å². The van der Waals surface area contributed by atoms with Crippen LogP contribution in [0.2, 0.25) is 0 Å². The van der Waals surface area contributed by atoms with Gasteiger partial charge in [0.2, 0.25) is 0 Å². The molecule has 0 aliphatic rings. The van der Waals surface area contributed by atoms with E-state index in [2.05, 4.69) is 24.5 Å². The Bertz CT molecular complexity index is 181. The maximum atomic E-state index is 10.4. The molecule has 1 N–H and O–H groups in total. The van der Waals surface area contributed by atoms with E-state index in [1.807, 2.05) is 0 Å². The highest BCUT2D eigenvalue weighted by Gasteiger charge is 1.98. The second kappa shape index (κ2) is 14.0. The summed E-state index contributed by atoms with van der Waals surface area (Å²) >= 11 is 0. The fourth-order valence-electron chi connectivity index (χ4n) is 0.254. The number of hydrogen-bond donors (Lipinski definition) is 1. The summed E-state index contributed by atoms with van der Waals surface area (Å²) in [5, 5.41) is 7.42.